The SMILES string of the molecule is CCOC(=O)C(C(=O)OCC)[C@H](C[N+](=O)[O-])c1ccco1. The lowest BCUT2D eigenvalue weighted by Crippen LogP contribution is -2.36. The van der Waals surface area contributed by atoms with Gasteiger partial charge < -0.3 is 13.9 Å². The number of nitrogens with zero attached hydrogens (tertiary/aromatic N) is 1. The van der Waals surface area contributed by atoms with Crippen molar-refractivity contribution in [3.8, 4) is 0 Å². The van der Waals surface area contributed by atoms with Crippen molar-refractivity contribution < 1.29 is 28.4 Å². The number of rotatable bonds is 8. The quantitative estimate of drug-likeness (QED) is 0.309. The fourth-order valence-electron chi connectivity index (χ4n) is 1.91. The Hall–Kier alpha value is -2.38. The molecule has 1 atom stereocenters. The van der Waals surface area contributed by atoms with Crippen LogP contribution in [0, 0.1) is 16.0 Å². The molecule has 1 rings (SSSR count). The Morgan fingerprint density at radius 1 is 1.29 bits per heavy atom. The highest BCUT2D eigenvalue weighted by atomic mass is 16.6. The van der Waals surface area contributed by atoms with E-state index in [2.05, 4.69) is 0 Å². The first kappa shape index (κ1) is 16.7. The second-order valence-electron chi connectivity index (χ2n) is 4.12. The van der Waals surface area contributed by atoms with Crippen LogP contribution >= 0.6 is 0 Å². The van der Waals surface area contributed by atoms with E-state index in [-0.39, 0.29) is 19.0 Å². The number of carbonyl (C=O) groups is 2. The fraction of sp³-hybridized carbons (Fsp3) is 0.538. The maximum absolute atomic E-state index is 12.0. The molecule has 0 aliphatic heterocycles. The molecule has 8 nitrogen and oxygen atoms in total. The molecule has 0 unspecified atom stereocenters. The molecule has 1 aromatic rings. The van der Waals surface area contributed by atoms with Crippen LogP contribution in [0.15, 0.2) is 22.8 Å². The van der Waals surface area contributed by atoms with E-state index in [1.807, 2.05) is 0 Å². The standard InChI is InChI=1S/C13H17NO7/c1-3-19-12(15)11(13(16)20-4-2)9(8-14(17)18)10-6-5-7-21-10/h5-7,9,11H,3-4,8H2,1-2H3/t9-/m1/s1. The van der Waals surface area contributed by atoms with Crippen molar-refractivity contribution >= 4 is 11.9 Å². The summed E-state index contributed by atoms with van der Waals surface area (Å²) in [6.07, 6.45) is 1.32. The molecule has 116 valence electrons. The van der Waals surface area contributed by atoms with Crippen LogP contribution in [-0.4, -0.2) is 36.6 Å². The first-order valence-electron chi connectivity index (χ1n) is 6.49. The number of carbonyl (C=O) groups excluding carboxylic acids is 2. The van der Waals surface area contributed by atoms with Crippen molar-refractivity contribution in [1.29, 1.82) is 0 Å². The Labute approximate surface area is 121 Å². The van der Waals surface area contributed by atoms with Crippen LogP contribution in [0.25, 0.3) is 0 Å². The highest BCUT2D eigenvalue weighted by molar-refractivity contribution is 5.96. The number of nitro groups is 1. The third-order valence-corrected chi connectivity index (χ3v) is 2.74. The van der Waals surface area contributed by atoms with Crippen LogP contribution < -0.4 is 0 Å². The predicted molar refractivity (Wildman–Crippen MR) is 70.1 cm³/mol. The van der Waals surface area contributed by atoms with Gasteiger partial charge in [-0.1, -0.05) is 0 Å². The predicted octanol–water partition coefficient (Wildman–Crippen LogP) is 1.38. The molecule has 1 heterocycles. The Morgan fingerprint density at radius 2 is 1.86 bits per heavy atom. The largest absolute Gasteiger partial charge is 0.469 e. The topological polar surface area (TPSA) is 109 Å². The van der Waals surface area contributed by atoms with Gasteiger partial charge in [0.2, 0.25) is 6.54 Å². The van der Waals surface area contributed by atoms with Crippen molar-refractivity contribution in [2.45, 2.75) is 19.8 Å². The Kier molecular flexibility index (Phi) is 6.38. The summed E-state index contributed by atoms with van der Waals surface area (Å²) in [4.78, 5) is 34.2. The van der Waals surface area contributed by atoms with Gasteiger partial charge in [-0.25, -0.2) is 0 Å². The van der Waals surface area contributed by atoms with Gasteiger partial charge in [-0.05, 0) is 26.0 Å². The molecule has 0 saturated carbocycles. The Morgan fingerprint density at radius 3 is 2.24 bits per heavy atom. The monoisotopic (exact) mass is 299 g/mol. The van der Waals surface area contributed by atoms with Crippen LogP contribution in [0.1, 0.15) is 25.5 Å². The fourth-order valence-corrected chi connectivity index (χ4v) is 1.91. The number of esters is 2. The molecule has 0 N–H and O–H groups in total. The summed E-state index contributed by atoms with van der Waals surface area (Å²) in [6, 6.07) is 3.00. The second-order valence-corrected chi connectivity index (χ2v) is 4.12. The summed E-state index contributed by atoms with van der Waals surface area (Å²) in [6.45, 7) is 2.62. The first-order valence-corrected chi connectivity index (χ1v) is 6.49. The minimum Gasteiger partial charge on any atom is -0.469 e. The van der Waals surface area contributed by atoms with Crippen molar-refractivity contribution in [2.24, 2.45) is 5.92 Å². The van der Waals surface area contributed by atoms with Gasteiger partial charge in [0.25, 0.3) is 0 Å². The lowest BCUT2D eigenvalue weighted by molar-refractivity contribution is -0.484. The van der Waals surface area contributed by atoms with Crippen LogP contribution in [0.5, 0.6) is 0 Å². The lowest BCUT2D eigenvalue weighted by Gasteiger charge is -2.19. The van der Waals surface area contributed by atoms with Gasteiger partial charge in [0, 0.05) is 4.92 Å². The van der Waals surface area contributed by atoms with Gasteiger partial charge in [0.15, 0.2) is 5.92 Å². The van der Waals surface area contributed by atoms with Crippen molar-refractivity contribution in [3.63, 3.8) is 0 Å². The van der Waals surface area contributed by atoms with Crippen LogP contribution in [0.2, 0.25) is 0 Å². The summed E-state index contributed by atoms with van der Waals surface area (Å²) in [5.74, 6) is -4.06. The summed E-state index contributed by atoms with van der Waals surface area (Å²) in [5, 5.41) is 10.8. The third-order valence-electron chi connectivity index (χ3n) is 2.74. The Balaban J connectivity index is 3.12. The maximum Gasteiger partial charge on any atom is 0.321 e. The van der Waals surface area contributed by atoms with E-state index >= 15 is 0 Å². The molecule has 0 aromatic carbocycles. The third kappa shape index (κ3) is 4.59. The molecule has 0 aliphatic carbocycles. The average Bonchev–Trinajstić information content (AvgIpc) is 2.91. The van der Waals surface area contributed by atoms with Crippen molar-refractivity contribution in [2.75, 3.05) is 19.8 Å². The van der Waals surface area contributed by atoms with Gasteiger partial charge in [-0.3, -0.25) is 19.7 Å². The second kappa shape index (κ2) is 8.03. The minimum absolute atomic E-state index is 0.0536. The first-order chi connectivity index (χ1) is 10.0. The zero-order valence-electron chi connectivity index (χ0n) is 11.8. The summed E-state index contributed by atoms with van der Waals surface area (Å²) >= 11 is 0. The van der Waals surface area contributed by atoms with Crippen LogP contribution in [0.3, 0.4) is 0 Å². The van der Waals surface area contributed by atoms with E-state index in [1.54, 1.807) is 13.8 Å². The average molecular weight is 299 g/mol. The van der Waals surface area contributed by atoms with Gasteiger partial charge >= 0.3 is 11.9 Å². The summed E-state index contributed by atoms with van der Waals surface area (Å²) < 4.78 is 14.8. The maximum atomic E-state index is 12.0. The van der Waals surface area contributed by atoms with Gasteiger partial charge in [-0.2, -0.15) is 0 Å². The number of ether oxygens (including phenoxy) is 2. The molecule has 0 bridgehead atoms. The van der Waals surface area contributed by atoms with Crippen molar-refractivity contribution in [1.82, 2.24) is 0 Å². The van der Waals surface area contributed by atoms with E-state index in [1.165, 1.54) is 18.4 Å². The number of hydrogen-bond donors (Lipinski definition) is 0. The van der Waals surface area contributed by atoms with E-state index in [4.69, 9.17) is 13.9 Å². The molecular formula is C13H17NO7. The molecule has 0 fully saturated rings. The zero-order valence-corrected chi connectivity index (χ0v) is 11.8. The van der Waals surface area contributed by atoms with Crippen LogP contribution in [0.4, 0.5) is 0 Å². The normalized spacial score (nSPS) is 12.0. The highest BCUT2D eigenvalue weighted by Crippen LogP contribution is 2.28. The summed E-state index contributed by atoms with van der Waals surface area (Å²) in [5.41, 5.74) is 0. The molecule has 0 saturated heterocycles. The number of hydrogen-bond acceptors (Lipinski definition) is 7. The van der Waals surface area contributed by atoms with Crippen molar-refractivity contribution in [3.05, 3.63) is 34.3 Å². The van der Waals surface area contributed by atoms with Gasteiger partial charge in [0.05, 0.1) is 19.5 Å². The minimum atomic E-state index is -1.43. The molecular weight excluding hydrogens is 282 g/mol. The van der Waals surface area contributed by atoms with E-state index in [0.717, 1.165) is 0 Å². The van der Waals surface area contributed by atoms with Gasteiger partial charge in [0.1, 0.15) is 11.7 Å². The Bertz CT molecular complexity index is 465. The van der Waals surface area contributed by atoms with Crippen LogP contribution in [-0.2, 0) is 19.1 Å². The smallest absolute Gasteiger partial charge is 0.321 e. The lowest BCUT2D eigenvalue weighted by atomic mass is 9.90. The number of furan rings is 1. The molecule has 0 radical (unpaired) electrons. The van der Waals surface area contributed by atoms with E-state index < -0.39 is 35.2 Å². The van der Waals surface area contributed by atoms with E-state index in [9.17, 15) is 19.7 Å². The molecule has 0 spiro atoms. The molecule has 1 aromatic heterocycles. The molecule has 21 heavy (non-hydrogen) atoms. The summed E-state index contributed by atoms with van der Waals surface area (Å²) in [7, 11) is 0. The van der Waals surface area contributed by atoms with Gasteiger partial charge in [-0.15, -0.1) is 0 Å². The van der Waals surface area contributed by atoms with E-state index in [0.29, 0.717) is 0 Å². The zero-order chi connectivity index (χ0) is 15.8. The molecule has 0 amide bonds. The molecule has 0 aliphatic rings. The highest BCUT2D eigenvalue weighted by Gasteiger charge is 2.42. The molecule has 8 heteroatoms.